The standard InChI is InChI=1S/C20H27FN4OS/c1-13(2)19-24-17(12-27-19)9-23-20(22-4)25-10-14(3)26-18(11-25)15-5-7-16(21)8-6-15/h5-8,12-14,18H,9-11H2,1-4H3,(H,22,23). The summed E-state index contributed by atoms with van der Waals surface area (Å²) in [6.07, 6.45) is -0.0566. The molecule has 0 bridgehead atoms. The lowest BCUT2D eigenvalue weighted by Gasteiger charge is -2.38. The Morgan fingerprint density at radius 1 is 1.37 bits per heavy atom. The summed E-state index contributed by atoms with van der Waals surface area (Å²) < 4.78 is 19.3. The van der Waals surface area contributed by atoms with Crippen LogP contribution in [0.1, 0.15) is 49.1 Å². The molecule has 3 rings (SSSR count). The lowest BCUT2D eigenvalue weighted by molar-refractivity contribution is -0.0605. The number of hydrogen-bond donors (Lipinski definition) is 1. The van der Waals surface area contributed by atoms with E-state index >= 15 is 0 Å². The maximum atomic E-state index is 13.2. The Bertz CT molecular complexity index is 775. The first kappa shape index (κ1) is 19.8. The monoisotopic (exact) mass is 390 g/mol. The minimum absolute atomic E-state index is 0.0548. The minimum atomic E-state index is -0.235. The maximum Gasteiger partial charge on any atom is 0.194 e. The van der Waals surface area contributed by atoms with Crippen LogP contribution >= 0.6 is 11.3 Å². The summed E-state index contributed by atoms with van der Waals surface area (Å²) >= 11 is 1.70. The van der Waals surface area contributed by atoms with Crippen molar-refractivity contribution in [2.24, 2.45) is 4.99 Å². The van der Waals surface area contributed by atoms with Gasteiger partial charge in [-0.05, 0) is 24.6 Å². The highest BCUT2D eigenvalue weighted by Gasteiger charge is 2.28. The van der Waals surface area contributed by atoms with E-state index in [4.69, 9.17) is 4.74 Å². The second kappa shape index (κ2) is 8.80. The van der Waals surface area contributed by atoms with Crippen molar-refractivity contribution >= 4 is 17.3 Å². The van der Waals surface area contributed by atoms with Gasteiger partial charge in [-0.1, -0.05) is 26.0 Å². The third kappa shape index (κ3) is 5.05. The average Bonchev–Trinajstić information content (AvgIpc) is 3.12. The number of morpholine rings is 1. The van der Waals surface area contributed by atoms with Gasteiger partial charge in [0, 0.05) is 24.9 Å². The van der Waals surface area contributed by atoms with E-state index in [0.717, 1.165) is 28.8 Å². The van der Waals surface area contributed by atoms with Crippen LogP contribution in [0.25, 0.3) is 0 Å². The van der Waals surface area contributed by atoms with Crippen LogP contribution in [0.2, 0.25) is 0 Å². The zero-order valence-corrected chi connectivity index (χ0v) is 17.1. The summed E-state index contributed by atoms with van der Waals surface area (Å²) in [6.45, 7) is 8.42. The number of nitrogens with one attached hydrogen (secondary N) is 1. The summed E-state index contributed by atoms with van der Waals surface area (Å²) in [5.74, 6) is 1.04. The molecule has 0 amide bonds. The Kier molecular flexibility index (Phi) is 6.44. The Labute approximate surface area is 164 Å². The molecule has 0 saturated carbocycles. The van der Waals surface area contributed by atoms with E-state index in [-0.39, 0.29) is 18.0 Å². The number of halogens is 1. The lowest BCUT2D eigenvalue weighted by Crippen LogP contribution is -2.50. The number of aromatic nitrogens is 1. The fraction of sp³-hybridized carbons (Fsp3) is 0.500. The molecule has 5 nitrogen and oxygen atoms in total. The zero-order chi connectivity index (χ0) is 19.4. The smallest absolute Gasteiger partial charge is 0.194 e. The van der Waals surface area contributed by atoms with E-state index in [1.807, 2.05) is 6.92 Å². The van der Waals surface area contributed by atoms with Crippen LogP contribution in [0.3, 0.4) is 0 Å². The van der Waals surface area contributed by atoms with E-state index in [9.17, 15) is 4.39 Å². The number of thiazole rings is 1. The van der Waals surface area contributed by atoms with Gasteiger partial charge in [0.05, 0.1) is 29.9 Å². The molecular weight excluding hydrogens is 363 g/mol. The van der Waals surface area contributed by atoms with Crippen molar-refractivity contribution in [3.05, 3.63) is 51.7 Å². The van der Waals surface area contributed by atoms with Crippen LogP contribution in [-0.2, 0) is 11.3 Å². The number of nitrogens with zero attached hydrogens (tertiary/aromatic N) is 3. The van der Waals surface area contributed by atoms with Crippen LogP contribution in [0.5, 0.6) is 0 Å². The van der Waals surface area contributed by atoms with Gasteiger partial charge >= 0.3 is 0 Å². The SMILES string of the molecule is CN=C(NCc1csc(C(C)C)n1)N1CC(C)OC(c2ccc(F)cc2)C1. The molecule has 2 heterocycles. The van der Waals surface area contributed by atoms with E-state index < -0.39 is 0 Å². The number of ether oxygens (including phenoxy) is 1. The molecular formula is C20H27FN4OS. The lowest BCUT2D eigenvalue weighted by atomic mass is 10.1. The Hall–Kier alpha value is -1.99. The van der Waals surface area contributed by atoms with E-state index in [1.54, 1.807) is 30.5 Å². The predicted octanol–water partition coefficient (Wildman–Crippen LogP) is 3.94. The molecule has 0 spiro atoms. The number of guanidine groups is 1. The molecule has 2 atom stereocenters. The van der Waals surface area contributed by atoms with Crippen molar-refractivity contribution in [1.82, 2.24) is 15.2 Å². The molecule has 1 aliphatic heterocycles. The molecule has 27 heavy (non-hydrogen) atoms. The van der Waals surface area contributed by atoms with Gasteiger partial charge < -0.3 is 15.0 Å². The van der Waals surface area contributed by atoms with E-state index in [1.165, 1.54) is 12.1 Å². The molecule has 1 aromatic carbocycles. The average molecular weight is 391 g/mol. The normalized spacial score (nSPS) is 21.0. The zero-order valence-electron chi connectivity index (χ0n) is 16.3. The highest BCUT2D eigenvalue weighted by atomic mass is 32.1. The number of benzene rings is 1. The topological polar surface area (TPSA) is 49.8 Å². The quantitative estimate of drug-likeness (QED) is 0.635. The third-order valence-corrected chi connectivity index (χ3v) is 5.70. The first-order valence-corrected chi connectivity index (χ1v) is 10.1. The van der Waals surface area contributed by atoms with Gasteiger partial charge in [0.1, 0.15) is 11.9 Å². The Morgan fingerprint density at radius 3 is 2.74 bits per heavy atom. The van der Waals surface area contributed by atoms with E-state index in [2.05, 4.69) is 39.4 Å². The van der Waals surface area contributed by atoms with Gasteiger partial charge in [0.15, 0.2) is 5.96 Å². The van der Waals surface area contributed by atoms with Crippen LogP contribution in [0.4, 0.5) is 4.39 Å². The van der Waals surface area contributed by atoms with Crippen molar-refractivity contribution in [1.29, 1.82) is 0 Å². The van der Waals surface area contributed by atoms with Crippen molar-refractivity contribution < 1.29 is 9.13 Å². The summed E-state index contributed by atoms with van der Waals surface area (Å²) in [5.41, 5.74) is 2.01. The van der Waals surface area contributed by atoms with Crippen molar-refractivity contribution in [3.8, 4) is 0 Å². The highest BCUT2D eigenvalue weighted by molar-refractivity contribution is 7.09. The molecule has 7 heteroatoms. The van der Waals surface area contributed by atoms with Crippen molar-refractivity contribution in [3.63, 3.8) is 0 Å². The molecule has 1 fully saturated rings. The van der Waals surface area contributed by atoms with Crippen LogP contribution in [0.15, 0.2) is 34.6 Å². The number of rotatable bonds is 4. The first-order chi connectivity index (χ1) is 13.0. The fourth-order valence-corrected chi connectivity index (χ4v) is 3.99. The molecule has 2 unspecified atom stereocenters. The minimum Gasteiger partial charge on any atom is -0.367 e. The second-order valence-corrected chi connectivity index (χ2v) is 8.01. The summed E-state index contributed by atoms with van der Waals surface area (Å²) in [6, 6.07) is 6.53. The van der Waals surface area contributed by atoms with Crippen molar-refractivity contribution in [2.75, 3.05) is 20.1 Å². The largest absolute Gasteiger partial charge is 0.367 e. The molecule has 1 aromatic heterocycles. The molecule has 146 valence electrons. The predicted molar refractivity (Wildman–Crippen MR) is 108 cm³/mol. The molecule has 0 radical (unpaired) electrons. The van der Waals surface area contributed by atoms with Gasteiger partial charge in [-0.2, -0.15) is 0 Å². The van der Waals surface area contributed by atoms with Crippen LogP contribution in [-0.4, -0.2) is 42.1 Å². The highest BCUT2D eigenvalue weighted by Crippen LogP contribution is 2.25. The van der Waals surface area contributed by atoms with Gasteiger partial charge in [-0.3, -0.25) is 4.99 Å². The number of hydrogen-bond acceptors (Lipinski definition) is 4. The number of aliphatic imine (C=N–C) groups is 1. The van der Waals surface area contributed by atoms with Gasteiger partial charge in [-0.15, -0.1) is 11.3 Å². The first-order valence-electron chi connectivity index (χ1n) is 9.27. The Balaban J connectivity index is 1.65. The van der Waals surface area contributed by atoms with Crippen molar-refractivity contribution in [2.45, 2.75) is 45.4 Å². The molecule has 1 saturated heterocycles. The molecule has 2 aromatic rings. The maximum absolute atomic E-state index is 13.2. The summed E-state index contributed by atoms with van der Waals surface area (Å²) in [5, 5.41) is 6.66. The second-order valence-electron chi connectivity index (χ2n) is 7.12. The van der Waals surface area contributed by atoms with Crippen LogP contribution < -0.4 is 5.32 Å². The summed E-state index contributed by atoms with van der Waals surface area (Å²) in [4.78, 5) is 11.3. The molecule has 0 aliphatic carbocycles. The van der Waals surface area contributed by atoms with Gasteiger partial charge in [-0.25, -0.2) is 9.37 Å². The Morgan fingerprint density at radius 2 is 2.11 bits per heavy atom. The van der Waals surface area contributed by atoms with Gasteiger partial charge in [0.25, 0.3) is 0 Å². The molecule has 1 aliphatic rings. The van der Waals surface area contributed by atoms with E-state index in [0.29, 0.717) is 19.0 Å². The fourth-order valence-electron chi connectivity index (χ4n) is 3.16. The van der Waals surface area contributed by atoms with Crippen LogP contribution in [0, 0.1) is 5.82 Å². The molecule has 1 N–H and O–H groups in total. The summed E-state index contributed by atoms with van der Waals surface area (Å²) in [7, 11) is 1.79. The third-order valence-electron chi connectivity index (χ3n) is 4.50. The van der Waals surface area contributed by atoms with Gasteiger partial charge in [0.2, 0.25) is 0 Å².